The first kappa shape index (κ1) is 41.2. The molecule has 1 atom stereocenters. The lowest BCUT2D eigenvalue weighted by molar-refractivity contribution is 0.0696. The number of aryl methyl sites for hydroxylation is 3. The van der Waals surface area contributed by atoms with Gasteiger partial charge in [-0.25, -0.2) is 27.9 Å². The lowest BCUT2D eigenvalue weighted by Gasteiger charge is -2.27. The van der Waals surface area contributed by atoms with E-state index in [1.807, 2.05) is 46.0 Å². The van der Waals surface area contributed by atoms with Gasteiger partial charge in [0.15, 0.2) is 5.65 Å². The van der Waals surface area contributed by atoms with E-state index < -0.39 is 16.0 Å². The molecule has 12 nitrogen and oxygen atoms in total. The molecule has 0 aliphatic heterocycles. The summed E-state index contributed by atoms with van der Waals surface area (Å²) < 4.78 is 38.0. The number of carboxylic acid groups (broad SMARTS) is 1. The van der Waals surface area contributed by atoms with Crippen molar-refractivity contribution in [3.8, 4) is 17.1 Å². The highest BCUT2D eigenvalue weighted by Crippen LogP contribution is 2.34. The van der Waals surface area contributed by atoms with Crippen LogP contribution in [-0.4, -0.2) is 56.6 Å². The minimum atomic E-state index is -4.26. The number of hydrogen-bond donors (Lipinski definition) is 3. The summed E-state index contributed by atoms with van der Waals surface area (Å²) >= 11 is 0. The molecule has 14 heteroatoms. The number of nitrogens with one attached hydrogen (secondary N) is 2. The molecule has 0 spiro atoms. The van der Waals surface area contributed by atoms with Crippen molar-refractivity contribution in [1.82, 2.24) is 29.8 Å². The summed E-state index contributed by atoms with van der Waals surface area (Å²) in [5.74, 6) is -1.21. The van der Waals surface area contributed by atoms with E-state index in [4.69, 9.17) is 14.7 Å². The average molecular weight is 764 g/mol. The van der Waals surface area contributed by atoms with Gasteiger partial charge in [-0.15, -0.1) is 12.4 Å². The van der Waals surface area contributed by atoms with Crippen molar-refractivity contribution < 1.29 is 23.1 Å². The number of benzene rings is 2. The Hall–Kier alpha value is -4.59. The van der Waals surface area contributed by atoms with E-state index >= 15 is 0 Å². The minimum absolute atomic E-state index is 0. The smallest absolute Gasteiger partial charge is 0.335 e. The van der Waals surface area contributed by atoms with Crippen LogP contribution in [0.15, 0.2) is 59.6 Å². The van der Waals surface area contributed by atoms with E-state index in [9.17, 15) is 18.3 Å². The third-order valence-electron chi connectivity index (χ3n) is 8.84. The predicted molar refractivity (Wildman–Crippen MR) is 211 cm³/mol. The molecule has 3 aromatic heterocycles. The van der Waals surface area contributed by atoms with Gasteiger partial charge in [-0.1, -0.05) is 65.8 Å². The number of carboxylic acids is 1. The van der Waals surface area contributed by atoms with Crippen LogP contribution < -0.4 is 14.8 Å². The Morgan fingerprint density at radius 3 is 2.25 bits per heavy atom. The van der Waals surface area contributed by atoms with Crippen molar-refractivity contribution in [2.75, 3.05) is 11.3 Å². The lowest BCUT2D eigenvalue weighted by atomic mass is 9.88. The molecule has 3 N–H and O–H groups in total. The van der Waals surface area contributed by atoms with Gasteiger partial charge in [0.25, 0.3) is 10.0 Å². The van der Waals surface area contributed by atoms with Gasteiger partial charge in [-0.2, -0.15) is 4.98 Å². The highest BCUT2D eigenvalue weighted by atomic mass is 35.5. The molecule has 0 saturated heterocycles. The summed E-state index contributed by atoms with van der Waals surface area (Å²) in [6.45, 7) is 19.5. The predicted octanol–water partition coefficient (Wildman–Crippen LogP) is 7.54. The maximum atomic E-state index is 13.5. The Kier molecular flexibility index (Phi) is 12.3. The van der Waals surface area contributed by atoms with Crippen LogP contribution in [0, 0.1) is 26.2 Å². The summed E-state index contributed by atoms with van der Waals surface area (Å²) in [7, 11) is -2.24. The first-order valence-corrected chi connectivity index (χ1v) is 18.7. The second-order valence-corrected chi connectivity index (χ2v) is 17.3. The van der Waals surface area contributed by atoms with Crippen LogP contribution in [-0.2, 0) is 29.0 Å². The third kappa shape index (κ3) is 9.70. The van der Waals surface area contributed by atoms with Crippen LogP contribution in [0.3, 0.4) is 0 Å². The second kappa shape index (κ2) is 15.8. The summed E-state index contributed by atoms with van der Waals surface area (Å²) in [5.41, 5.74) is 7.30. The third-order valence-corrected chi connectivity index (χ3v) is 10.2. The molecule has 0 amide bonds. The number of anilines is 1. The molecule has 0 fully saturated rings. The van der Waals surface area contributed by atoms with Gasteiger partial charge >= 0.3 is 5.97 Å². The molecular formula is C39H50ClN7O5S. The van der Waals surface area contributed by atoms with Gasteiger partial charge in [0.1, 0.15) is 12.1 Å². The first-order valence-electron chi connectivity index (χ1n) is 17.2. The summed E-state index contributed by atoms with van der Waals surface area (Å²) in [4.78, 5) is 30.2. The quantitative estimate of drug-likeness (QED) is 0.116. The first-order chi connectivity index (χ1) is 24.2. The fraction of sp³-hybridized carbons (Fsp3) is 0.410. The van der Waals surface area contributed by atoms with Crippen LogP contribution in [0.2, 0.25) is 0 Å². The molecular weight excluding hydrogens is 714 g/mol. The van der Waals surface area contributed by atoms with E-state index in [0.29, 0.717) is 17.8 Å². The largest absolute Gasteiger partial charge is 0.478 e. The summed E-state index contributed by atoms with van der Waals surface area (Å²) in [5, 5.41) is 13.1. The van der Waals surface area contributed by atoms with Gasteiger partial charge in [0.05, 0.1) is 28.0 Å². The van der Waals surface area contributed by atoms with Crippen molar-refractivity contribution in [3.05, 3.63) is 88.4 Å². The molecule has 0 saturated carbocycles. The number of carbonyl (C=O) groups is 1. The highest BCUT2D eigenvalue weighted by Gasteiger charge is 2.25. The number of nitrogens with zero attached hydrogens (tertiary/aromatic N) is 5. The van der Waals surface area contributed by atoms with Gasteiger partial charge in [0, 0.05) is 41.9 Å². The zero-order chi connectivity index (χ0) is 38.2. The molecule has 284 valence electrons. The normalized spacial score (nSPS) is 12.7. The van der Waals surface area contributed by atoms with Gasteiger partial charge in [-0.05, 0) is 68.0 Å². The second-order valence-electron chi connectivity index (χ2n) is 15.6. The monoisotopic (exact) mass is 763 g/mol. The van der Waals surface area contributed by atoms with Crippen LogP contribution in [0.25, 0.3) is 22.4 Å². The molecule has 3 heterocycles. The number of aromatic carboxylic acids is 1. The van der Waals surface area contributed by atoms with E-state index in [2.05, 4.69) is 72.2 Å². The van der Waals surface area contributed by atoms with Crippen molar-refractivity contribution in [2.24, 2.45) is 12.5 Å². The zero-order valence-electron chi connectivity index (χ0n) is 32.0. The summed E-state index contributed by atoms with van der Waals surface area (Å²) in [6, 6.07) is 13.0. The van der Waals surface area contributed by atoms with E-state index in [0.717, 1.165) is 51.7 Å². The maximum absolute atomic E-state index is 13.5. The molecule has 5 aromatic rings. The SMILES string of the molecule is Cc1cccc(C)c1-c1nc(NS(=O)(=O)c2cccc(C(=O)O)c2)nc(OC[C@@H](CC(C)(C)C)NCc2cnc3cc(C(C)(C)C)n(C)c3n2)c1C.Cl. The van der Waals surface area contributed by atoms with Crippen molar-refractivity contribution >= 4 is 45.5 Å². The molecule has 0 unspecified atom stereocenters. The number of sulfonamides is 1. The molecule has 0 bridgehead atoms. The fourth-order valence-electron chi connectivity index (χ4n) is 6.36. The van der Waals surface area contributed by atoms with Crippen molar-refractivity contribution in [2.45, 2.75) is 91.6 Å². The van der Waals surface area contributed by atoms with Crippen molar-refractivity contribution in [1.29, 1.82) is 0 Å². The van der Waals surface area contributed by atoms with Gasteiger partial charge in [-0.3, -0.25) is 4.98 Å². The zero-order valence-corrected chi connectivity index (χ0v) is 33.7. The Balaban J connectivity index is 0.00000627. The van der Waals surface area contributed by atoms with E-state index in [1.54, 1.807) is 6.20 Å². The standard InChI is InChI=1S/C39H49N7O5S.ClH/c1-23-13-11-14-24(2)32(23)33-25(3)35(44-37(43-33)45-52(49,50)29-16-12-15-26(17-29)36(47)48)51-22-27(19-38(4,5)6)40-20-28-21-41-30-18-31(39(7,8)9)46(10)34(30)42-28;/h11-18,21,27,40H,19-20,22H2,1-10H3,(H,47,48)(H,43,44,45);1H/t27-;/m1./s1. The summed E-state index contributed by atoms with van der Waals surface area (Å²) in [6.07, 6.45) is 2.56. The Bertz CT molecular complexity index is 2220. The molecule has 5 rings (SSSR count). The Labute approximate surface area is 318 Å². The van der Waals surface area contributed by atoms with Gasteiger partial charge in [0.2, 0.25) is 11.8 Å². The van der Waals surface area contributed by atoms with Crippen LogP contribution in [0.4, 0.5) is 5.95 Å². The molecule has 0 aliphatic carbocycles. The number of fused-ring (bicyclic) bond motifs is 1. The van der Waals surface area contributed by atoms with Crippen LogP contribution >= 0.6 is 12.4 Å². The van der Waals surface area contributed by atoms with Crippen LogP contribution in [0.1, 0.15) is 86.4 Å². The lowest BCUT2D eigenvalue weighted by Crippen LogP contribution is -2.38. The average Bonchev–Trinajstić information content (AvgIpc) is 3.39. The maximum Gasteiger partial charge on any atom is 0.335 e. The minimum Gasteiger partial charge on any atom is -0.478 e. The molecule has 0 aliphatic rings. The Morgan fingerprint density at radius 2 is 1.62 bits per heavy atom. The number of halogens is 1. The van der Waals surface area contributed by atoms with E-state index in [-0.39, 0.29) is 58.2 Å². The Morgan fingerprint density at radius 1 is 0.962 bits per heavy atom. The van der Waals surface area contributed by atoms with Crippen molar-refractivity contribution in [3.63, 3.8) is 0 Å². The fourth-order valence-corrected chi connectivity index (χ4v) is 7.35. The number of aromatic nitrogens is 5. The number of hydrogen-bond acceptors (Lipinski definition) is 9. The van der Waals surface area contributed by atoms with Crippen LogP contribution in [0.5, 0.6) is 5.88 Å². The van der Waals surface area contributed by atoms with Gasteiger partial charge < -0.3 is 19.7 Å². The topological polar surface area (TPSA) is 161 Å². The van der Waals surface area contributed by atoms with E-state index in [1.165, 1.54) is 18.2 Å². The number of ether oxygens (including phenoxy) is 1. The molecule has 53 heavy (non-hydrogen) atoms. The highest BCUT2D eigenvalue weighted by molar-refractivity contribution is 7.92. The number of rotatable bonds is 12. The molecule has 2 aromatic carbocycles. The molecule has 0 radical (unpaired) electrons.